The van der Waals surface area contributed by atoms with Crippen LogP contribution < -0.4 is 9.62 Å². The SMILES string of the molecule is Cc1cccc(CN(C(=O)CN(c2cc(Cl)ccc2C)S(C)(=O)=O)[C@@H](C)C(=O)NC2CCCC2)c1. The van der Waals surface area contributed by atoms with Crippen LogP contribution >= 0.6 is 11.6 Å². The molecule has 190 valence electrons. The minimum absolute atomic E-state index is 0.113. The van der Waals surface area contributed by atoms with Crippen LogP contribution in [0.1, 0.15) is 49.3 Å². The maximum atomic E-state index is 13.6. The summed E-state index contributed by atoms with van der Waals surface area (Å²) in [5, 5.41) is 3.43. The van der Waals surface area contributed by atoms with Crippen molar-refractivity contribution in [2.75, 3.05) is 17.1 Å². The molecule has 0 heterocycles. The molecular weight excluding hydrogens is 486 g/mol. The minimum Gasteiger partial charge on any atom is -0.352 e. The van der Waals surface area contributed by atoms with Crippen LogP contribution in [0.3, 0.4) is 0 Å². The largest absolute Gasteiger partial charge is 0.352 e. The first-order chi connectivity index (χ1) is 16.5. The van der Waals surface area contributed by atoms with Crippen LogP contribution in [-0.4, -0.2) is 50.0 Å². The molecule has 0 aliphatic heterocycles. The van der Waals surface area contributed by atoms with E-state index >= 15 is 0 Å². The average Bonchev–Trinajstić information content (AvgIpc) is 3.29. The van der Waals surface area contributed by atoms with E-state index in [-0.39, 0.29) is 18.5 Å². The molecule has 7 nitrogen and oxygen atoms in total. The molecule has 1 saturated carbocycles. The Balaban J connectivity index is 1.91. The molecule has 2 aromatic rings. The van der Waals surface area contributed by atoms with Gasteiger partial charge < -0.3 is 10.2 Å². The Morgan fingerprint density at radius 3 is 2.43 bits per heavy atom. The molecular formula is C26H34ClN3O4S. The van der Waals surface area contributed by atoms with Crippen LogP contribution in [0, 0.1) is 13.8 Å². The number of hydrogen-bond acceptors (Lipinski definition) is 4. The van der Waals surface area contributed by atoms with Crippen molar-refractivity contribution in [3.05, 3.63) is 64.2 Å². The second kappa shape index (κ2) is 11.4. The molecule has 9 heteroatoms. The van der Waals surface area contributed by atoms with Gasteiger partial charge in [0.05, 0.1) is 11.9 Å². The van der Waals surface area contributed by atoms with Gasteiger partial charge in [-0.1, -0.05) is 60.3 Å². The molecule has 1 atom stereocenters. The highest BCUT2D eigenvalue weighted by Crippen LogP contribution is 2.27. The van der Waals surface area contributed by atoms with E-state index in [4.69, 9.17) is 11.6 Å². The molecule has 2 aromatic carbocycles. The van der Waals surface area contributed by atoms with Crippen molar-refractivity contribution >= 4 is 39.1 Å². The van der Waals surface area contributed by atoms with E-state index in [1.165, 1.54) is 11.0 Å². The fraction of sp³-hybridized carbons (Fsp3) is 0.462. The third-order valence-electron chi connectivity index (χ3n) is 6.42. The number of carbonyl (C=O) groups excluding carboxylic acids is 2. The van der Waals surface area contributed by atoms with Gasteiger partial charge in [-0.2, -0.15) is 0 Å². The Morgan fingerprint density at radius 2 is 1.80 bits per heavy atom. The van der Waals surface area contributed by atoms with Crippen molar-refractivity contribution in [2.24, 2.45) is 0 Å². The number of benzene rings is 2. The lowest BCUT2D eigenvalue weighted by molar-refractivity contribution is -0.139. The number of amides is 2. The quantitative estimate of drug-likeness (QED) is 0.538. The standard InChI is InChI=1S/C26H34ClN3O4S/c1-18-8-7-9-21(14-18)16-29(20(3)26(32)28-23-10-5-6-11-23)25(31)17-30(35(4,33)34)24-15-22(27)13-12-19(24)2/h7-9,12-15,20,23H,5-6,10-11,16-17H2,1-4H3,(H,28,32)/t20-/m0/s1. The topological polar surface area (TPSA) is 86.8 Å². The van der Waals surface area contributed by atoms with Crippen LogP contribution in [0.15, 0.2) is 42.5 Å². The number of anilines is 1. The zero-order valence-corrected chi connectivity index (χ0v) is 22.3. The number of sulfonamides is 1. The fourth-order valence-corrected chi connectivity index (χ4v) is 5.49. The number of nitrogens with zero attached hydrogens (tertiary/aromatic N) is 2. The van der Waals surface area contributed by atoms with E-state index < -0.39 is 28.5 Å². The molecule has 1 fully saturated rings. The van der Waals surface area contributed by atoms with Crippen LogP contribution in [0.2, 0.25) is 5.02 Å². The smallest absolute Gasteiger partial charge is 0.244 e. The Bertz CT molecular complexity index is 1180. The summed E-state index contributed by atoms with van der Waals surface area (Å²) < 4.78 is 26.5. The third-order valence-corrected chi connectivity index (χ3v) is 7.78. The molecule has 2 amide bonds. The zero-order chi connectivity index (χ0) is 25.8. The highest BCUT2D eigenvalue weighted by molar-refractivity contribution is 7.92. The number of halogens is 1. The third kappa shape index (κ3) is 7.21. The highest BCUT2D eigenvalue weighted by atomic mass is 35.5. The number of hydrogen-bond donors (Lipinski definition) is 1. The second-order valence-corrected chi connectivity index (χ2v) is 11.7. The molecule has 1 N–H and O–H groups in total. The monoisotopic (exact) mass is 519 g/mol. The number of nitrogens with one attached hydrogen (secondary N) is 1. The zero-order valence-electron chi connectivity index (χ0n) is 20.8. The van der Waals surface area contributed by atoms with Crippen LogP contribution in [0.5, 0.6) is 0 Å². The molecule has 3 rings (SSSR count). The molecule has 1 aliphatic rings. The predicted octanol–water partition coefficient (Wildman–Crippen LogP) is 4.20. The Morgan fingerprint density at radius 1 is 1.11 bits per heavy atom. The lowest BCUT2D eigenvalue weighted by Crippen LogP contribution is -2.52. The number of aryl methyl sites for hydroxylation is 2. The van der Waals surface area contributed by atoms with E-state index in [2.05, 4.69) is 5.32 Å². The van der Waals surface area contributed by atoms with Gasteiger partial charge in [0.1, 0.15) is 12.6 Å². The van der Waals surface area contributed by atoms with Gasteiger partial charge in [-0.05, 0) is 56.9 Å². The first-order valence-electron chi connectivity index (χ1n) is 11.8. The molecule has 0 bridgehead atoms. The van der Waals surface area contributed by atoms with Crippen molar-refractivity contribution in [1.29, 1.82) is 0 Å². The van der Waals surface area contributed by atoms with Crippen LogP contribution in [0.25, 0.3) is 0 Å². The van der Waals surface area contributed by atoms with E-state index in [9.17, 15) is 18.0 Å². The van der Waals surface area contributed by atoms with E-state index in [1.807, 2.05) is 31.2 Å². The van der Waals surface area contributed by atoms with Crippen molar-refractivity contribution in [3.63, 3.8) is 0 Å². The summed E-state index contributed by atoms with van der Waals surface area (Å²) in [6.07, 6.45) is 5.07. The summed E-state index contributed by atoms with van der Waals surface area (Å²) in [6, 6.07) is 12.0. The second-order valence-electron chi connectivity index (χ2n) is 9.38. The first kappa shape index (κ1) is 27.0. The lowest BCUT2D eigenvalue weighted by Gasteiger charge is -2.32. The molecule has 0 saturated heterocycles. The summed E-state index contributed by atoms with van der Waals surface area (Å²) in [5.74, 6) is -0.701. The van der Waals surface area contributed by atoms with Gasteiger partial charge in [-0.25, -0.2) is 8.42 Å². The van der Waals surface area contributed by atoms with Crippen LogP contribution in [-0.2, 0) is 26.2 Å². The van der Waals surface area contributed by atoms with E-state index in [0.29, 0.717) is 16.3 Å². The van der Waals surface area contributed by atoms with Gasteiger partial charge in [0, 0.05) is 17.6 Å². The molecule has 0 unspecified atom stereocenters. The van der Waals surface area contributed by atoms with Gasteiger partial charge in [-0.15, -0.1) is 0 Å². The highest BCUT2D eigenvalue weighted by Gasteiger charge is 2.31. The van der Waals surface area contributed by atoms with Crippen molar-refractivity contribution < 1.29 is 18.0 Å². The lowest BCUT2D eigenvalue weighted by atomic mass is 10.1. The summed E-state index contributed by atoms with van der Waals surface area (Å²) in [5.41, 5.74) is 2.91. The molecule has 0 radical (unpaired) electrons. The van der Waals surface area contributed by atoms with Crippen molar-refractivity contribution in [1.82, 2.24) is 10.2 Å². The molecule has 0 aromatic heterocycles. The van der Waals surface area contributed by atoms with E-state index in [1.54, 1.807) is 26.0 Å². The molecule has 0 spiro atoms. The maximum Gasteiger partial charge on any atom is 0.244 e. The minimum atomic E-state index is -3.80. The van der Waals surface area contributed by atoms with Gasteiger partial charge in [0.2, 0.25) is 21.8 Å². The van der Waals surface area contributed by atoms with Gasteiger partial charge in [0.25, 0.3) is 0 Å². The Kier molecular flexibility index (Phi) is 8.83. The van der Waals surface area contributed by atoms with Gasteiger partial charge >= 0.3 is 0 Å². The summed E-state index contributed by atoms with van der Waals surface area (Å²) in [6.45, 7) is 5.15. The van der Waals surface area contributed by atoms with E-state index in [0.717, 1.165) is 47.4 Å². The summed E-state index contributed by atoms with van der Waals surface area (Å²) in [7, 11) is -3.80. The van der Waals surface area contributed by atoms with Crippen molar-refractivity contribution in [2.45, 2.75) is 65.1 Å². The van der Waals surface area contributed by atoms with Gasteiger partial charge in [0.15, 0.2) is 0 Å². The number of carbonyl (C=O) groups is 2. The van der Waals surface area contributed by atoms with Crippen LogP contribution in [0.4, 0.5) is 5.69 Å². The first-order valence-corrected chi connectivity index (χ1v) is 14.1. The summed E-state index contributed by atoms with van der Waals surface area (Å²) >= 11 is 6.14. The number of rotatable bonds is 9. The average molecular weight is 520 g/mol. The molecule has 1 aliphatic carbocycles. The maximum absolute atomic E-state index is 13.6. The Hall–Kier alpha value is -2.58. The Labute approximate surface area is 213 Å². The van der Waals surface area contributed by atoms with Gasteiger partial charge in [-0.3, -0.25) is 13.9 Å². The summed E-state index contributed by atoms with van der Waals surface area (Å²) in [4.78, 5) is 28.2. The van der Waals surface area contributed by atoms with Crippen molar-refractivity contribution in [3.8, 4) is 0 Å². The fourth-order valence-electron chi connectivity index (χ4n) is 4.43. The normalized spacial score (nSPS) is 15.0. The predicted molar refractivity (Wildman–Crippen MR) is 140 cm³/mol. The molecule has 35 heavy (non-hydrogen) atoms.